The van der Waals surface area contributed by atoms with E-state index in [0.29, 0.717) is 19.3 Å². The first-order valence-electron chi connectivity index (χ1n) is 7.55. The molecule has 1 saturated carbocycles. The lowest BCUT2D eigenvalue weighted by Crippen LogP contribution is -2.38. The van der Waals surface area contributed by atoms with Gasteiger partial charge in [0.15, 0.2) is 0 Å². The lowest BCUT2D eigenvalue weighted by atomic mass is 10.0. The maximum absolute atomic E-state index is 12.2. The summed E-state index contributed by atoms with van der Waals surface area (Å²) >= 11 is 0. The maximum Gasteiger partial charge on any atom is 0.306 e. The van der Waals surface area contributed by atoms with Crippen molar-refractivity contribution < 1.29 is 14.7 Å². The molecule has 1 amide bonds. The van der Waals surface area contributed by atoms with E-state index in [1.165, 1.54) is 11.1 Å². The van der Waals surface area contributed by atoms with Gasteiger partial charge in [-0.1, -0.05) is 24.3 Å². The molecule has 2 rings (SSSR count). The number of hydrogen-bond donors (Lipinski definition) is 2. The summed E-state index contributed by atoms with van der Waals surface area (Å²) in [5, 5.41) is 12.0. The molecule has 1 aromatic carbocycles. The predicted molar refractivity (Wildman–Crippen MR) is 81.0 cm³/mol. The molecule has 0 heterocycles. The lowest BCUT2D eigenvalue weighted by Gasteiger charge is -2.18. The standard InChI is InChI=1S/C17H23NO3/c1-11-5-3-4-6-13(11)9-12(2)18-16(19)14-7-8-15(10-14)17(20)21/h3-6,12,14-15H,7-10H2,1-2H3,(H,18,19)(H,20,21). The molecule has 4 heteroatoms. The fraction of sp³-hybridized carbons (Fsp3) is 0.529. The van der Waals surface area contributed by atoms with E-state index in [4.69, 9.17) is 5.11 Å². The molecule has 1 aliphatic carbocycles. The van der Waals surface area contributed by atoms with E-state index in [9.17, 15) is 9.59 Å². The van der Waals surface area contributed by atoms with Crippen molar-refractivity contribution in [1.29, 1.82) is 0 Å². The number of nitrogens with one attached hydrogen (secondary N) is 1. The van der Waals surface area contributed by atoms with E-state index >= 15 is 0 Å². The second-order valence-electron chi connectivity index (χ2n) is 6.09. The van der Waals surface area contributed by atoms with Gasteiger partial charge in [-0.15, -0.1) is 0 Å². The van der Waals surface area contributed by atoms with Gasteiger partial charge in [0.25, 0.3) is 0 Å². The molecular formula is C17H23NO3. The van der Waals surface area contributed by atoms with Gasteiger partial charge >= 0.3 is 5.97 Å². The average Bonchev–Trinajstić information content (AvgIpc) is 2.91. The van der Waals surface area contributed by atoms with Crippen molar-refractivity contribution in [3.05, 3.63) is 35.4 Å². The van der Waals surface area contributed by atoms with Gasteiger partial charge in [-0.2, -0.15) is 0 Å². The van der Waals surface area contributed by atoms with E-state index in [1.54, 1.807) is 0 Å². The van der Waals surface area contributed by atoms with Crippen molar-refractivity contribution in [2.24, 2.45) is 11.8 Å². The number of carbonyl (C=O) groups is 2. The highest BCUT2D eigenvalue weighted by molar-refractivity contribution is 5.81. The van der Waals surface area contributed by atoms with Crippen molar-refractivity contribution in [2.75, 3.05) is 0 Å². The molecule has 3 atom stereocenters. The number of aliphatic carboxylic acids is 1. The second-order valence-corrected chi connectivity index (χ2v) is 6.09. The van der Waals surface area contributed by atoms with E-state index in [0.717, 1.165) is 6.42 Å². The Bertz CT molecular complexity index is 527. The van der Waals surface area contributed by atoms with Gasteiger partial charge in [-0.25, -0.2) is 0 Å². The van der Waals surface area contributed by atoms with Crippen LogP contribution in [-0.2, 0) is 16.0 Å². The van der Waals surface area contributed by atoms with Crippen LogP contribution < -0.4 is 5.32 Å². The number of rotatable bonds is 5. The number of hydrogen-bond acceptors (Lipinski definition) is 2. The van der Waals surface area contributed by atoms with Crippen molar-refractivity contribution >= 4 is 11.9 Å². The number of carboxylic acids is 1. The van der Waals surface area contributed by atoms with E-state index in [1.807, 2.05) is 19.1 Å². The highest BCUT2D eigenvalue weighted by Gasteiger charge is 2.34. The molecule has 0 bridgehead atoms. The Morgan fingerprint density at radius 3 is 2.57 bits per heavy atom. The monoisotopic (exact) mass is 289 g/mol. The number of carbonyl (C=O) groups excluding carboxylic acids is 1. The van der Waals surface area contributed by atoms with Crippen LogP contribution in [0.15, 0.2) is 24.3 Å². The Kier molecular flexibility index (Phi) is 4.99. The first-order chi connectivity index (χ1) is 9.97. The van der Waals surface area contributed by atoms with Crippen LogP contribution in [0.4, 0.5) is 0 Å². The summed E-state index contributed by atoms with van der Waals surface area (Å²) in [5.41, 5.74) is 2.46. The summed E-state index contributed by atoms with van der Waals surface area (Å²) in [4.78, 5) is 23.1. The SMILES string of the molecule is Cc1ccccc1CC(C)NC(=O)C1CCC(C(=O)O)C1. The molecular weight excluding hydrogens is 266 g/mol. The van der Waals surface area contributed by atoms with Crippen LogP contribution in [0.5, 0.6) is 0 Å². The minimum absolute atomic E-state index is 0.000154. The highest BCUT2D eigenvalue weighted by atomic mass is 16.4. The Hall–Kier alpha value is -1.84. The number of benzene rings is 1. The Morgan fingerprint density at radius 1 is 1.29 bits per heavy atom. The quantitative estimate of drug-likeness (QED) is 0.875. The van der Waals surface area contributed by atoms with Gasteiger partial charge < -0.3 is 10.4 Å². The molecule has 1 aliphatic rings. The molecule has 1 aromatic rings. The van der Waals surface area contributed by atoms with Crippen LogP contribution in [0.25, 0.3) is 0 Å². The van der Waals surface area contributed by atoms with Crippen LogP contribution in [0.2, 0.25) is 0 Å². The van der Waals surface area contributed by atoms with Crippen LogP contribution >= 0.6 is 0 Å². The van der Waals surface area contributed by atoms with Crippen molar-refractivity contribution in [2.45, 2.75) is 45.6 Å². The van der Waals surface area contributed by atoms with Crippen LogP contribution in [0.1, 0.15) is 37.3 Å². The highest BCUT2D eigenvalue weighted by Crippen LogP contribution is 2.31. The molecule has 1 fully saturated rings. The van der Waals surface area contributed by atoms with Crippen LogP contribution in [0.3, 0.4) is 0 Å². The molecule has 114 valence electrons. The van der Waals surface area contributed by atoms with E-state index in [2.05, 4.69) is 24.4 Å². The third kappa shape index (κ3) is 4.06. The van der Waals surface area contributed by atoms with E-state index < -0.39 is 5.97 Å². The molecule has 0 aliphatic heterocycles. The van der Waals surface area contributed by atoms with Gasteiger partial charge in [0, 0.05) is 12.0 Å². The molecule has 4 nitrogen and oxygen atoms in total. The summed E-state index contributed by atoms with van der Waals surface area (Å²) in [6.45, 7) is 4.06. The summed E-state index contributed by atoms with van der Waals surface area (Å²) in [5.74, 6) is -1.28. The zero-order valence-corrected chi connectivity index (χ0v) is 12.6. The smallest absolute Gasteiger partial charge is 0.306 e. The topological polar surface area (TPSA) is 66.4 Å². The Balaban J connectivity index is 1.86. The zero-order chi connectivity index (χ0) is 15.4. The minimum Gasteiger partial charge on any atom is -0.481 e. The lowest BCUT2D eigenvalue weighted by molar-refractivity contribution is -0.141. The fourth-order valence-corrected chi connectivity index (χ4v) is 3.02. The third-order valence-corrected chi connectivity index (χ3v) is 4.33. The number of amides is 1. The van der Waals surface area contributed by atoms with Crippen molar-refractivity contribution in [1.82, 2.24) is 5.32 Å². The third-order valence-electron chi connectivity index (χ3n) is 4.33. The van der Waals surface area contributed by atoms with Crippen molar-refractivity contribution in [3.8, 4) is 0 Å². The largest absolute Gasteiger partial charge is 0.481 e. The Morgan fingerprint density at radius 2 is 1.95 bits per heavy atom. The molecule has 21 heavy (non-hydrogen) atoms. The van der Waals surface area contributed by atoms with E-state index in [-0.39, 0.29) is 23.8 Å². The summed E-state index contributed by atoms with van der Waals surface area (Å²) in [6, 6.07) is 8.21. The molecule has 0 saturated heterocycles. The molecule has 3 unspecified atom stereocenters. The van der Waals surface area contributed by atoms with Gasteiger partial charge in [-0.05, 0) is 50.7 Å². The summed E-state index contributed by atoms with van der Waals surface area (Å²) in [7, 11) is 0. The fourth-order valence-electron chi connectivity index (χ4n) is 3.02. The maximum atomic E-state index is 12.2. The van der Waals surface area contributed by atoms with Gasteiger partial charge in [0.1, 0.15) is 0 Å². The average molecular weight is 289 g/mol. The molecule has 2 N–H and O–H groups in total. The van der Waals surface area contributed by atoms with Gasteiger partial charge in [0.05, 0.1) is 5.92 Å². The minimum atomic E-state index is -0.779. The van der Waals surface area contributed by atoms with Crippen LogP contribution in [-0.4, -0.2) is 23.0 Å². The van der Waals surface area contributed by atoms with Gasteiger partial charge in [0.2, 0.25) is 5.91 Å². The molecule has 0 radical (unpaired) electrons. The van der Waals surface area contributed by atoms with Gasteiger partial charge in [-0.3, -0.25) is 9.59 Å². The second kappa shape index (κ2) is 6.74. The zero-order valence-electron chi connectivity index (χ0n) is 12.6. The first kappa shape index (κ1) is 15.5. The summed E-state index contributed by atoms with van der Waals surface area (Å²) < 4.78 is 0. The molecule has 0 spiro atoms. The first-order valence-corrected chi connectivity index (χ1v) is 7.55. The number of carboxylic acid groups (broad SMARTS) is 1. The number of aryl methyl sites for hydroxylation is 1. The van der Waals surface area contributed by atoms with Crippen molar-refractivity contribution in [3.63, 3.8) is 0 Å². The molecule has 0 aromatic heterocycles. The van der Waals surface area contributed by atoms with Crippen LogP contribution in [0, 0.1) is 18.8 Å². The predicted octanol–water partition coefficient (Wildman–Crippen LogP) is 2.54. The summed E-state index contributed by atoms with van der Waals surface area (Å²) in [6.07, 6.45) is 2.56. The Labute approximate surface area is 125 Å². The normalized spacial score (nSPS) is 22.8.